The van der Waals surface area contributed by atoms with Crippen LogP contribution in [0.5, 0.6) is 0 Å². The Balaban J connectivity index is 1.50. The summed E-state index contributed by atoms with van der Waals surface area (Å²) in [5.74, 6) is 0.565. The average molecular weight is 371 g/mol. The van der Waals surface area contributed by atoms with E-state index in [4.69, 9.17) is 11.6 Å². The number of hydrogen-bond acceptors (Lipinski definition) is 4. The smallest absolute Gasteiger partial charge is 0.140 e. The molecule has 1 aliphatic rings. The van der Waals surface area contributed by atoms with Crippen LogP contribution in [0.25, 0.3) is 10.9 Å². The van der Waals surface area contributed by atoms with Gasteiger partial charge in [-0.25, -0.2) is 14.4 Å². The van der Waals surface area contributed by atoms with E-state index in [1.807, 2.05) is 12.1 Å². The van der Waals surface area contributed by atoms with Crippen LogP contribution in [0, 0.1) is 5.82 Å². The van der Waals surface area contributed by atoms with Crippen LogP contribution in [0.1, 0.15) is 12.0 Å². The minimum absolute atomic E-state index is 0.257. The van der Waals surface area contributed by atoms with Gasteiger partial charge in [0.1, 0.15) is 18.0 Å². The van der Waals surface area contributed by atoms with Crippen molar-refractivity contribution in [1.82, 2.24) is 14.9 Å². The number of aromatic nitrogens is 2. The zero-order chi connectivity index (χ0) is 17.9. The number of fused-ring (bicyclic) bond motifs is 1. The first-order valence-electron chi connectivity index (χ1n) is 8.81. The maximum absolute atomic E-state index is 13.7. The standard InChI is InChI=1S/C20H20ClFN4/c21-16-4-2-15(3-5-16)13-25-8-1-9-26(11-10-25)20-18-12-17(22)6-7-19(18)23-14-24-20/h2-7,12,14H,1,8-11,13H2. The van der Waals surface area contributed by atoms with Gasteiger partial charge in [0.2, 0.25) is 0 Å². The van der Waals surface area contributed by atoms with Crippen molar-refractivity contribution in [3.05, 3.63) is 65.2 Å². The van der Waals surface area contributed by atoms with Crippen molar-refractivity contribution in [3.63, 3.8) is 0 Å². The lowest BCUT2D eigenvalue weighted by Crippen LogP contribution is -2.31. The molecule has 0 amide bonds. The molecule has 0 aliphatic carbocycles. The molecule has 4 nitrogen and oxygen atoms in total. The zero-order valence-corrected chi connectivity index (χ0v) is 15.2. The van der Waals surface area contributed by atoms with Gasteiger partial charge < -0.3 is 4.90 Å². The van der Waals surface area contributed by atoms with Gasteiger partial charge in [-0.15, -0.1) is 0 Å². The van der Waals surface area contributed by atoms with Crippen molar-refractivity contribution >= 4 is 28.3 Å². The molecular weight excluding hydrogens is 351 g/mol. The molecule has 0 radical (unpaired) electrons. The molecule has 1 saturated heterocycles. The predicted octanol–water partition coefficient (Wildman–Crippen LogP) is 4.13. The topological polar surface area (TPSA) is 32.3 Å². The van der Waals surface area contributed by atoms with Gasteiger partial charge >= 0.3 is 0 Å². The molecule has 0 unspecified atom stereocenters. The quantitative estimate of drug-likeness (QED) is 0.693. The Morgan fingerprint density at radius 3 is 2.65 bits per heavy atom. The van der Waals surface area contributed by atoms with Crippen LogP contribution in [0.15, 0.2) is 48.8 Å². The Bertz CT molecular complexity index is 900. The van der Waals surface area contributed by atoms with E-state index >= 15 is 0 Å². The predicted molar refractivity (Wildman–Crippen MR) is 103 cm³/mol. The second-order valence-electron chi connectivity index (χ2n) is 6.60. The molecule has 2 heterocycles. The Morgan fingerprint density at radius 1 is 0.962 bits per heavy atom. The van der Waals surface area contributed by atoms with Crippen molar-refractivity contribution in [2.75, 3.05) is 31.1 Å². The summed E-state index contributed by atoms with van der Waals surface area (Å²) >= 11 is 5.97. The minimum Gasteiger partial charge on any atom is -0.355 e. The third-order valence-electron chi connectivity index (χ3n) is 4.78. The Labute approximate surface area is 157 Å². The molecule has 0 saturated carbocycles. The lowest BCUT2D eigenvalue weighted by molar-refractivity contribution is 0.285. The van der Waals surface area contributed by atoms with Gasteiger partial charge in [0.15, 0.2) is 0 Å². The van der Waals surface area contributed by atoms with Gasteiger partial charge in [-0.05, 0) is 42.3 Å². The second kappa shape index (κ2) is 7.56. The third-order valence-corrected chi connectivity index (χ3v) is 5.04. The van der Waals surface area contributed by atoms with Gasteiger partial charge in [-0.3, -0.25) is 4.90 Å². The number of benzene rings is 2. The fraction of sp³-hybridized carbons (Fsp3) is 0.300. The SMILES string of the molecule is Fc1ccc2ncnc(N3CCCN(Cc4ccc(Cl)cc4)CC3)c2c1. The Morgan fingerprint density at radius 2 is 1.81 bits per heavy atom. The van der Waals surface area contributed by atoms with E-state index in [1.165, 1.54) is 17.7 Å². The lowest BCUT2D eigenvalue weighted by Gasteiger charge is -2.23. The molecule has 0 spiro atoms. The number of halogens is 2. The molecule has 6 heteroatoms. The van der Waals surface area contributed by atoms with E-state index in [1.54, 1.807) is 12.4 Å². The minimum atomic E-state index is -0.257. The third kappa shape index (κ3) is 3.79. The first-order valence-corrected chi connectivity index (χ1v) is 9.19. The van der Waals surface area contributed by atoms with E-state index in [0.29, 0.717) is 0 Å². The summed E-state index contributed by atoms with van der Waals surface area (Å²) in [5.41, 5.74) is 2.04. The molecule has 1 fully saturated rings. The van der Waals surface area contributed by atoms with Crippen LogP contribution < -0.4 is 4.90 Å². The van der Waals surface area contributed by atoms with Crippen LogP contribution >= 0.6 is 11.6 Å². The Hall–Kier alpha value is -2.24. The second-order valence-corrected chi connectivity index (χ2v) is 7.04. The summed E-state index contributed by atoms with van der Waals surface area (Å²) in [6.45, 7) is 4.63. The maximum atomic E-state index is 13.7. The largest absolute Gasteiger partial charge is 0.355 e. The fourth-order valence-electron chi connectivity index (χ4n) is 3.46. The molecule has 26 heavy (non-hydrogen) atoms. The maximum Gasteiger partial charge on any atom is 0.140 e. The summed E-state index contributed by atoms with van der Waals surface area (Å²) in [5, 5.41) is 1.54. The van der Waals surface area contributed by atoms with Crippen LogP contribution in [0.2, 0.25) is 5.02 Å². The zero-order valence-electron chi connectivity index (χ0n) is 14.4. The van der Waals surface area contributed by atoms with Crippen LogP contribution in [-0.4, -0.2) is 41.0 Å². The van der Waals surface area contributed by atoms with E-state index in [9.17, 15) is 4.39 Å². The number of nitrogens with zero attached hydrogens (tertiary/aromatic N) is 4. The highest BCUT2D eigenvalue weighted by atomic mass is 35.5. The van der Waals surface area contributed by atoms with Gasteiger partial charge in [-0.2, -0.15) is 0 Å². The number of hydrogen-bond donors (Lipinski definition) is 0. The van der Waals surface area contributed by atoms with Gasteiger partial charge in [-0.1, -0.05) is 23.7 Å². The van der Waals surface area contributed by atoms with Crippen LogP contribution in [-0.2, 0) is 6.54 Å². The normalized spacial score (nSPS) is 16.0. The van der Waals surface area contributed by atoms with Crippen LogP contribution in [0.4, 0.5) is 10.2 Å². The number of anilines is 1. The molecule has 134 valence electrons. The average Bonchev–Trinajstić information content (AvgIpc) is 2.89. The molecule has 3 aromatic rings. The monoisotopic (exact) mass is 370 g/mol. The molecule has 0 bridgehead atoms. The highest BCUT2D eigenvalue weighted by molar-refractivity contribution is 6.30. The summed E-state index contributed by atoms with van der Waals surface area (Å²) in [4.78, 5) is 13.4. The molecule has 1 aromatic heterocycles. The van der Waals surface area contributed by atoms with Crippen molar-refractivity contribution in [2.24, 2.45) is 0 Å². The molecule has 0 atom stereocenters. The molecule has 4 rings (SSSR count). The summed E-state index contributed by atoms with van der Waals surface area (Å²) in [6, 6.07) is 12.7. The van der Waals surface area contributed by atoms with Gasteiger partial charge in [0.05, 0.1) is 5.52 Å². The van der Waals surface area contributed by atoms with Gasteiger partial charge in [0, 0.05) is 43.1 Å². The van der Waals surface area contributed by atoms with Crippen molar-refractivity contribution in [3.8, 4) is 0 Å². The highest BCUT2D eigenvalue weighted by Gasteiger charge is 2.18. The Kier molecular flexibility index (Phi) is 5.00. The van der Waals surface area contributed by atoms with E-state index in [0.717, 1.165) is 60.9 Å². The van der Waals surface area contributed by atoms with Crippen molar-refractivity contribution in [1.29, 1.82) is 0 Å². The first kappa shape index (κ1) is 17.2. The highest BCUT2D eigenvalue weighted by Crippen LogP contribution is 2.25. The summed E-state index contributed by atoms with van der Waals surface area (Å²) < 4.78 is 13.7. The van der Waals surface area contributed by atoms with Gasteiger partial charge in [0.25, 0.3) is 0 Å². The van der Waals surface area contributed by atoms with E-state index < -0.39 is 0 Å². The lowest BCUT2D eigenvalue weighted by atomic mass is 10.2. The molecule has 1 aliphatic heterocycles. The first-order chi connectivity index (χ1) is 12.7. The van der Waals surface area contributed by atoms with E-state index in [-0.39, 0.29) is 5.82 Å². The van der Waals surface area contributed by atoms with Crippen LogP contribution in [0.3, 0.4) is 0 Å². The number of rotatable bonds is 3. The molecular formula is C20H20ClFN4. The van der Waals surface area contributed by atoms with Crippen molar-refractivity contribution in [2.45, 2.75) is 13.0 Å². The van der Waals surface area contributed by atoms with E-state index in [2.05, 4.69) is 31.9 Å². The van der Waals surface area contributed by atoms with Crippen molar-refractivity contribution < 1.29 is 4.39 Å². The summed E-state index contributed by atoms with van der Waals surface area (Å²) in [7, 11) is 0. The molecule has 0 N–H and O–H groups in total. The molecule has 2 aromatic carbocycles. The fourth-order valence-corrected chi connectivity index (χ4v) is 3.58. The summed E-state index contributed by atoms with van der Waals surface area (Å²) in [6.07, 6.45) is 2.60.